The van der Waals surface area contributed by atoms with Gasteiger partial charge in [0, 0.05) is 25.7 Å². The lowest BCUT2D eigenvalue weighted by atomic mass is 10.2. The molecule has 8 nitrogen and oxygen atoms in total. The number of carboxylic acids is 1. The van der Waals surface area contributed by atoms with Crippen LogP contribution in [0, 0.1) is 0 Å². The average molecular weight is 320 g/mol. The molecule has 22 heavy (non-hydrogen) atoms. The topological polar surface area (TPSA) is 116 Å². The van der Waals surface area contributed by atoms with E-state index < -0.39 is 5.97 Å². The molecule has 0 spiro atoms. The lowest BCUT2D eigenvalue weighted by Crippen LogP contribution is -2.02. The molecule has 0 heterocycles. The number of esters is 3. The molecule has 0 rings (SSSR count). The summed E-state index contributed by atoms with van der Waals surface area (Å²) in [5.74, 6) is -1.72. The van der Waals surface area contributed by atoms with Gasteiger partial charge in [0.15, 0.2) is 0 Å². The second-order valence-electron chi connectivity index (χ2n) is 4.18. The molecule has 0 saturated heterocycles. The fourth-order valence-electron chi connectivity index (χ4n) is 1.23. The van der Waals surface area contributed by atoms with Gasteiger partial charge in [0.1, 0.15) is 0 Å². The van der Waals surface area contributed by atoms with E-state index in [9.17, 15) is 19.2 Å². The number of methoxy groups -OCH3 is 3. The molecule has 1 N–H and O–H groups in total. The monoisotopic (exact) mass is 320 g/mol. The lowest BCUT2D eigenvalue weighted by molar-refractivity contribution is -0.142. The SMILES string of the molecule is COC(=O)CCCC(=O)O.COC(=O)CCCCC(=O)OC. The van der Waals surface area contributed by atoms with Gasteiger partial charge in [-0.2, -0.15) is 0 Å². The third kappa shape index (κ3) is 17.9. The van der Waals surface area contributed by atoms with E-state index in [0.29, 0.717) is 32.1 Å². The number of carbonyl (C=O) groups excluding carboxylic acids is 3. The quantitative estimate of drug-likeness (QED) is 0.384. The van der Waals surface area contributed by atoms with Gasteiger partial charge in [-0.15, -0.1) is 0 Å². The maximum Gasteiger partial charge on any atom is 0.305 e. The molecule has 0 unspecified atom stereocenters. The number of ether oxygens (including phenoxy) is 3. The maximum absolute atomic E-state index is 10.6. The zero-order valence-corrected chi connectivity index (χ0v) is 13.3. The van der Waals surface area contributed by atoms with E-state index >= 15 is 0 Å². The summed E-state index contributed by atoms with van der Waals surface area (Å²) in [6, 6.07) is 0. The van der Waals surface area contributed by atoms with Gasteiger partial charge in [0.25, 0.3) is 0 Å². The van der Waals surface area contributed by atoms with E-state index in [0.717, 1.165) is 0 Å². The summed E-state index contributed by atoms with van der Waals surface area (Å²) in [6.45, 7) is 0. The minimum absolute atomic E-state index is 0.0229. The van der Waals surface area contributed by atoms with Crippen LogP contribution in [-0.2, 0) is 33.4 Å². The minimum Gasteiger partial charge on any atom is -0.481 e. The number of hydrogen-bond donors (Lipinski definition) is 1. The molecule has 128 valence electrons. The first-order valence-corrected chi connectivity index (χ1v) is 6.79. The number of aliphatic carboxylic acids is 1. The molecule has 0 radical (unpaired) electrons. The number of unbranched alkanes of at least 4 members (excludes halogenated alkanes) is 1. The van der Waals surface area contributed by atoms with Crippen LogP contribution in [0.15, 0.2) is 0 Å². The molecule has 0 amide bonds. The summed E-state index contributed by atoms with van der Waals surface area (Å²) in [5, 5.41) is 8.15. The molecule has 0 bridgehead atoms. The van der Waals surface area contributed by atoms with Crippen molar-refractivity contribution in [1.82, 2.24) is 0 Å². The average Bonchev–Trinajstić information content (AvgIpc) is 2.50. The standard InChI is InChI=1S/C8H14O4.C6H10O4/c1-11-7(9)5-3-4-6-8(10)12-2;1-10-6(9)4-2-3-5(7)8/h3-6H2,1-2H3;2-4H2,1H3,(H,7,8). The van der Waals surface area contributed by atoms with Crippen molar-refractivity contribution < 1.29 is 38.5 Å². The molecular formula is C14H24O8. The molecule has 0 aromatic carbocycles. The Balaban J connectivity index is 0. The van der Waals surface area contributed by atoms with Crippen LogP contribution in [0.1, 0.15) is 44.9 Å². The highest BCUT2D eigenvalue weighted by molar-refractivity contribution is 5.71. The first-order valence-electron chi connectivity index (χ1n) is 6.79. The molecule has 0 aromatic rings. The molecular weight excluding hydrogens is 296 g/mol. The Kier molecular flexibility index (Phi) is 15.4. The van der Waals surface area contributed by atoms with Crippen LogP contribution in [0.2, 0.25) is 0 Å². The van der Waals surface area contributed by atoms with E-state index in [1.54, 1.807) is 0 Å². The highest BCUT2D eigenvalue weighted by Gasteiger charge is 2.03. The Labute approximate surface area is 129 Å². The molecule has 8 heteroatoms. The van der Waals surface area contributed by atoms with Crippen molar-refractivity contribution in [3.05, 3.63) is 0 Å². The second kappa shape index (κ2) is 15.3. The largest absolute Gasteiger partial charge is 0.481 e. The smallest absolute Gasteiger partial charge is 0.305 e. The van der Waals surface area contributed by atoms with Crippen LogP contribution in [-0.4, -0.2) is 50.3 Å². The fraction of sp³-hybridized carbons (Fsp3) is 0.714. The van der Waals surface area contributed by atoms with Crippen molar-refractivity contribution in [2.45, 2.75) is 44.9 Å². The Hall–Kier alpha value is -2.12. The normalized spacial score (nSPS) is 9.05. The second-order valence-corrected chi connectivity index (χ2v) is 4.18. The molecule has 0 aliphatic rings. The van der Waals surface area contributed by atoms with Gasteiger partial charge in [-0.1, -0.05) is 0 Å². The number of hydrogen-bond acceptors (Lipinski definition) is 7. The lowest BCUT2D eigenvalue weighted by Gasteiger charge is -1.98. The number of carboxylic acid groups (broad SMARTS) is 1. The van der Waals surface area contributed by atoms with E-state index in [-0.39, 0.29) is 30.7 Å². The summed E-state index contributed by atoms with van der Waals surface area (Å²) in [4.78, 5) is 41.5. The Morgan fingerprint density at radius 2 is 0.955 bits per heavy atom. The van der Waals surface area contributed by atoms with Crippen molar-refractivity contribution in [2.75, 3.05) is 21.3 Å². The molecule has 0 fully saturated rings. The molecule has 0 atom stereocenters. The molecule has 0 aliphatic carbocycles. The first kappa shape index (κ1) is 22.2. The van der Waals surface area contributed by atoms with Gasteiger partial charge in [-0.3, -0.25) is 19.2 Å². The predicted molar refractivity (Wildman–Crippen MR) is 76.0 cm³/mol. The summed E-state index contributed by atoms with van der Waals surface area (Å²) in [7, 11) is 3.98. The number of carbonyl (C=O) groups is 4. The number of rotatable bonds is 9. The first-order chi connectivity index (χ1) is 10.4. The van der Waals surface area contributed by atoms with Crippen LogP contribution in [0.5, 0.6) is 0 Å². The highest BCUT2D eigenvalue weighted by atomic mass is 16.5. The zero-order chi connectivity index (χ0) is 17.4. The summed E-state index contributed by atoms with van der Waals surface area (Å²) in [6.07, 6.45) is 2.63. The Morgan fingerprint density at radius 3 is 1.23 bits per heavy atom. The van der Waals surface area contributed by atoms with Gasteiger partial charge in [0.05, 0.1) is 21.3 Å². The van der Waals surface area contributed by atoms with Crippen LogP contribution in [0.4, 0.5) is 0 Å². The van der Waals surface area contributed by atoms with Crippen molar-refractivity contribution in [2.24, 2.45) is 0 Å². The van der Waals surface area contributed by atoms with Gasteiger partial charge in [0.2, 0.25) is 0 Å². The van der Waals surface area contributed by atoms with Crippen LogP contribution in [0.3, 0.4) is 0 Å². The zero-order valence-electron chi connectivity index (χ0n) is 13.3. The van der Waals surface area contributed by atoms with Crippen LogP contribution in [0.25, 0.3) is 0 Å². The summed E-state index contributed by atoms with van der Waals surface area (Å²) in [5.41, 5.74) is 0. The third-order valence-corrected chi connectivity index (χ3v) is 2.47. The van der Waals surface area contributed by atoms with Gasteiger partial charge in [-0.05, 0) is 19.3 Å². The van der Waals surface area contributed by atoms with E-state index in [1.165, 1.54) is 21.3 Å². The van der Waals surface area contributed by atoms with Gasteiger partial charge in [-0.25, -0.2) is 0 Å². The molecule has 0 saturated carbocycles. The predicted octanol–water partition coefficient (Wildman–Crippen LogP) is 1.31. The maximum atomic E-state index is 10.6. The third-order valence-electron chi connectivity index (χ3n) is 2.47. The Morgan fingerprint density at radius 1 is 0.636 bits per heavy atom. The highest BCUT2D eigenvalue weighted by Crippen LogP contribution is 2.01. The van der Waals surface area contributed by atoms with Crippen molar-refractivity contribution in [3.8, 4) is 0 Å². The van der Waals surface area contributed by atoms with Crippen LogP contribution >= 0.6 is 0 Å². The van der Waals surface area contributed by atoms with Crippen molar-refractivity contribution in [1.29, 1.82) is 0 Å². The van der Waals surface area contributed by atoms with Gasteiger partial charge >= 0.3 is 23.9 Å². The summed E-state index contributed by atoms with van der Waals surface area (Å²) >= 11 is 0. The van der Waals surface area contributed by atoms with E-state index in [4.69, 9.17) is 5.11 Å². The van der Waals surface area contributed by atoms with E-state index in [2.05, 4.69) is 14.2 Å². The van der Waals surface area contributed by atoms with Crippen molar-refractivity contribution in [3.63, 3.8) is 0 Å². The minimum atomic E-state index is -0.885. The Bertz CT molecular complexity index is 333. The van der Waals surface area contributed by atoms with E-state index in [1.807, 2.05) is 0 Å². The van der Waals surface area contributed by atoms with Crippen LogP contribution < -0.4 is 0 Å². The van der Waals surface area contributed by atoms with Gasteiger partial charge < -0.3 is 19.3 Å². The molecule has 0 aliphatic heterocycles. The fourth-order valence-corrected chi connectivity index (χ4v) is 1.23. The summed E-state index contributed by atoms with van der Waals surface area (Å²) < 4.78 is 13.2. The molecule has 0 aromatic heterocycles. The van der Waals surface area contributed by atoms with Crippen molar-refractivity contribution >= 4 is 23.9 Å².